The van der Waals surface area contributed by atoms with Crippen LogP contribution in [0.4, 0.5) is 5.69 Å². The molecule has 2 heterocycles. The van der Waals surface area contributed by atoms with Crippen molar-refractivity contribution < 1.29 is 23.9 Å². The highest BCUT2D eigenvalue weighted by Crippen LogP contribution is 2.40. The van der Waals surface area contributed by atoms with Crippen LogP contribution in [0.15, 0.2) is 72.8 Å². The van der Waals surface area contributed by atoms with Gasteiger partial charge in [0.15, 0.2) is 12.4 Å². The summed E-state index contributed by atoms with van der Waals surface area (Å²) in [6.45, 7) is 3.53. The summed E-state index contributed by atoms with van der Waals surface area (Å²) in [5.74, 6) is -1.55. The number of esters is 1. The SMILES string of the molecule is Cc1ccc(C(=O)COC(=O)c2cc(-c3ccc(N4C(=O)C5CCCCC5C4=O)cc3)nc3ccccc23)cc1C. The number of pyridine rings is 1. The molecule has 1 saturated heterocycles. The van der Waals surface area contributed by atoms with Crippen LogP contribution in [0.3, 0.4) is 0 Å². The van der Waals surface area contributed by atoms with E-state index >= 15 is 0 Å². The summed E-state index contributed by atoms with van der Waals surface area (Å²) in [7, 11) is 0. The van der Waals surface area contributed by atoms with Gasteiger partial charge in [-0.2, -0.15) is 0 Å². The number of fused-ring (bicyclic) bond motifs is 2. The average molecular weight is 547 g/mol. The molecule has 41 heavy (non-hydrogen) atoms. The van der Waals surface area contributed by atoms with E-state index in [4.69, 9.17) is 9.72 Å². The lowest BCUT2D eigenvalue weighted by atomic mass is 9.81. The van der Waals surface area contributed by atoms with Crippen molar-refractivity contribution in [3.8, 4) is 11.3 Å². The van der Waals surface area contributed by atoms with E-state index in [1.54, 1.807) is 48.5 Å². The summed E-state index contributed by atoms with van der Waals surface area (Å²) in [5, 5.41) is 0.618. The number of hydrogen-bond donors (Lipinski definition) is 0. The van der Waals surface area contributed by atoms with Gasteiger partial charge in [0.25, 0.3) is 0 Å². The number of imide groups is 1. The van der Waals surface area contributed by atoms with E-state index in [1.165, 1.54) is 4.90 Å². The molecular formula is C34H30N2O5. The van der Waals surface area contributed by atoms with E-state index in [0.717, 1.165) is 42.4 Å². The van der Waals surface area contributed by atoms with E-state index in [-0.39, 0.29) is 36.0 Å². The second kappa shape index (κ2) is 10.7. The first-order valence-electron chi connectivity index (χ1n) is 14.0. The monoisotopic (exact) mass is 546 g/mol. The van der Waals surface area contributed by atoms with Gasteiger partial charge in [0.1, 0.15) is 0 Å². The van der Waals surface area contributed by atoms with Gasteiger partial charge < -0.3 is 4.74 Å². The van der Waals surface area contributed by atoms with Crippen molar-refractivity contribution in [1.82, 2.24) is 4.98 Å². The number of ketones is 1. The minimum atomic E-state index is -0.616. The molecule has 0 bridgehead atoms. The number of amides is 2. The van der Waals surface area contributed by atoms with Gasteiger partial charge in [-0.25, -0.2) is 9.78 Å². The first kappa shape index (κ1) is 26.6. The van der Waals surface area contributed by atoms with Gasteiger partial charge in [-0.15, -0.1) is 0 Å². The molecule has 0 radical (unpaired) electrons. The Labute approximate surface area is 238 Å². The second-order valence-electron chi connectivity index (χ2n) is 10.9. The van der Waals surface area contributed by atoms with Gasteiger partial charge in [-0.1, -0.05) is 55.3 Å². The molecule has 2 amide bonds. The Bertz CT molecular complexity index is 1680. The number of anilines is 1. The Morgan fingerprint density at radius 3 is 2.22 bits per heavy atom. The van der Waals surface area contributed by atoms with Crippen molar-refractivity contribution in [1.29, 1.82) is 0 Å². The fourth-order valence-electron chi connectivity index (χ4n) is 5.90. The Kier molecular flexibility index (Phi) is 6.95. The van der Waals surface area contributed by atoms with E-state index < -0.39 is 5.97 Å². The lowest BCUT2D eigenvalue weighted by Crippen LogP contribution is -2.30. The summed E-state index contributed by atoms with van der Waals surface area (Å²) in [5.41, 5.74) is 5.28. The minimum Gasteiger partial charge on any atom is -0.454 e. The molecule has 7 heteroatoms. The summed E-state index contributed by atoms with van der Waals surface area (Å²) < 4.78 is 5.47. The molecule has 3 aromatic carbocycles. The molecule has 2 unspecified atom stereocenters. The summed E-state index contributed by atoms with van der Waals surface area (Å²) in [4.78, 5) is 58.1. The fourth-order valence-corrected chi connectivity index (χ4v) is 5.90. The summed E-state index contributed by atoms with van der Waals surface area (Å²) in [6.07, 6.45) is 3.48. The largest absolute Gasteiger partial charge is 0.454 e. The fraction of sp³-hybridized carbons (Fsp3) is 0.265. The number of aromatic nitrogens is 1. The van der Waals surface area contributed by atoms with Crippen molar-refractivity contribution in [3.63, 3.8) is 0 Å². The number of benzene rings is 3. The van der Waals surface area contributed by atoms with Crippen LogP contribution in [0.25, 0.3) is 22.2 Å². The predicted octanol–water partition coefficient (Wildman–Crippen LogP) is 6.24. The molecule has 2 fully saturated rings. The zero-order chi connectivity index (χ0) is 28.7. The molecule has 4 aromatic rings. The van der Waals surface area contributed by atoms with Crippen molar-refractivity contribution >= 4 is 40.2 Å². The van der Waals surface area contributed by atoms with Crippen LogP contribution in [0.5, 0.6) is 0 Å². The van der Waals surface area contributed by atoms with Crippen LogP contribution in [0.1, 0.15) is 57.5 Å². The maximum atomic E-state index is 13.2. The molecule has 1 aromatic heterocycles. The number of Topliss-reactive ketones (excluding diaryl/α,β-unsaturated/α-hetero) is 1. The Morgan fingerprint density at radius 2 is 1.54 bits per heavy atom. The highest BCUT2D eigenvalue weighted by molar-refractivity contribution is 6.22. The van der Waals surface area contributed by atoms with E-state index in [0.29, 0.717) is 33.4 Å². The van der Waals surface area contributed by atoms with Crippen LogP contribution < -0.4 is 4.90 Å². The zero-order valence-electron chi connectivity index (χ0n) is 23.1. The third-order valence-electron chi connectivity index (χ3n) is 8.36. The highest BCUT2D eigenvalue weighted by Gasteiger charge is 2.48. The normalized spacial score (nSPS) is 18.4. The standard InChI is InChI=1S/C34H30N2O5/c1-20-11-12-23(17-21(20)2)31(37)19-41-34(40)28-18-30(35-29-10-6-5-7-25(28)29)22-13-15-24(16-14-22)36-32(38)26-8-3-4-9-27(26)33(36)39/h5-7,10-18,26-27H,3-4,8-9,19H2,1-2H3. The molecule has 1 saturated carbocycles. The van der Waals surface area contributed by atoms with Crippen molar-refractivity contribution in [2.24, 2.45) is 11.8 Å². The summed E-state index contributed by atoms with van der Waals surface area (Å²) >= 11 is 0. The maximum absolute atomic E-state index is 13.2. The molecule has 0 N–H and O–H groups in total. The number of para-hydroxylation sites is 1. The number of carbonyl (C=O) groups is 4. The van der Waals surface area contributed by atoms with Gasteiger partial charge in [0.05, 0.1) is 34.3 Å². The van der Waals surface area contributed by atoms with E-state index in [1.807, 2.05) is 38.1 Å². The maximum Gasteiger partial charge on any atom is 0.339 e. The number of hydrogen-bond acceptors (Lipinski definition) is 6. The number of aryl methyl sites for hydroxylation is 2. The average Bonchev–Trinajstić information content (AvgIpc) is 3.26. The number of carbonyl (C=O) groups excluding carboxylic acids is 4. The van der Waals surface area contributed by atoms with Crippen LogP contribution >= 0.6 is 0 Å². The lowest BCUT2D eigenvalue weighted by molar-refractivity contribution is -0.122. The smallest absolute Gasteiger partial charge is 0.339 e. The van der Waals surface area contributed by atoms with Gasteiger partial charge in [-0.3, -0.25) is 19.3 Å². The summed E-state index contributed by atoms with van der Waals surface area (Å²) in [6, 6.07) is 21.4. The van der Waals surface area contributed by atoms with Crippen molar-refractivity contribution in [2.75, 3.05) is 11.5 Å². The third-order valence-corrected chi connectivity index (χ3v) is 8.36. The topological polar surface area (TPSA) is 93.6 Å². The van der Waals surface area contributed by atoms with Gasteiger partial charge in [0, 0.05) is 16.5 Å². The van der Waals surface area contributed by atoms with E-state index in [2.05, 4.69) is 0 Å². The molecule has 0 spiro atoms. The van der Waals surface area contributed by atoms with Gasteiger partial charge >= 0.3 is 5.97 Å². The highest BCUT2D eigenvalue weighted by atomic mass is 16.5. The quantitative estimate of drug-likeness (QED) is 0.162. The third kappa shape index (κ3) is 4.92. The second-order valence-corrected chi connectivity index (χ2v) is 10.9. The molecule has 1 aliphatic carbocycles. The van der Waals surface area contributed by atoms with Gasteiger partial charge in [-0.05, 0) is 68.1 Å². The lowest BCUT2D eigenvalue weighted by Gasteiger charge is -2.19. The molecule has 7 nitrogen and oxygen atoms in total. The van der Waals surface area contributed by atoms with Crippen LogP contribution in [0.2, 0.25) is 0 Å². The first-order chi connectivity index (χ1) is 19.8. The van der Waals surface area contributed by atoms with Crippen molar-refractivity contribution in [2.45, 2.75) is 39.5 Å². The number of rotatable bonds is 6. The predicted molar refractivity (Wildman–Crippen MR) is 156 cm³/mol. The molecule has 2 aliphatic rings. The zero-order valence-corrected chi connectivity index (χ0v) is 23.1. The molecular weight excluding hydrogens is 516 g/mol. The van der Waals surface area contributed by atoms with Crippen LogP contribution in [-0.4, -0.2) is 35.2 Å². The minimum absolute atomic E-state index is 0.114. The van der Waals surface area contributed by atoms with Gasteiger partial charge in [0.2, 0.25) is 11.8 Å². The van der Waals surface area contributed by atoms with Crippen LogP contribution in [-0.2, 0) is 14.3 Å². The Morgan fingerprint density at radius 1 is 0.854 bits per heavy atom. The number of ether oxygens (including phenoxy) is 1. The molecule has 1 aliphatic heterocycles. The van der Waals surface area contributed by atoms with Crippen LogP contribution in [0, 0.1) is 25.7 Å². The Balaban J connectivity index is 1.25. The van der Waals surface area contributed by atoms with Crippen molar-refractivity contribution in [3.05, 3.63) is 95.1 Å². The molecule has 6 rings (SSSR count). The Hall–Kier alpha value is -4.65. The van der Waals surface area contributed by atoms with E-state index in [9.17, 15) is 19.2 Å². The molecule has 2 atom stereocenters. The number of nitrogens with zero attached hydrogens (tertiary/aromatic N) is 2. The molecule has 206 valence electrons. The first-order valence-corrected chi connectivity index (χ1v) is 14.0.